The number of carbonyl (C=O) groups excluding carboxylic acids is 1. The third kappa shape index (κ3) is 3.51. The summed E-state index contributed by atoms with van der Waals surface area (Å²) in [6.45, 7) is 2.07. The minimum Gasteiger partial charge on any atom is -0.398 e. The molecule has 1 amide bonds. The Balaban J connectivity index is 2.12. The van der Waals surface area contributed by atoms with E-state index in [1.807, 2.05) is 12.1 Å². The zero-order valence-corrected chi connectivity index (χ0v) is 11.5. The van der Waals surface area contributed by atoms with E-state index in [0.717, 1.165) is 10.6 Å². The minimum atomic E-state index is -0.490. The molecule has 0 saturated heterocycles. The van der Waals surface area contributed by atoms with Crippen molar-refractivity contribution in [1.29, 1.82) is 0 Å². The second-order valence-electron chi connectivity index (χ2n) is 4.39. The van der Waals surface area contributed by atoms with E-state index in [-0.39, 0.29) is 0 Å². The first-order valence-corrected chi connectivity index (χ1v) is 6.92. The van der Waals surface area contributed by atoms with Crippen LogP contribution < -0.4 is 11.5 Å². The molecule has 2 aromatic rings. The first-order chi connectivity index (χ1) is 9.06. The summed E-state index contributed by atoms with van der Waals surface area (Å²) in [6.07, 6.45) is 0. The lowest BCUT2D eigenvalue weighted by atomic mass is 10.2. The molecule has 0 aliphatic heterocycles. The molecule has 2 rings (SSSR count). The van der Waals surface area contributed by atoms with Crippen LogP contribution in [-0.4, -0.2) is 5.91 Å². The van der Waals surface area contributed by atoms with Gasteiger partial charge in [-0.05, 0) is 30.7 Å². The largest absolute Gasteiger partial charge is 0.398 e. The zero-order valence-electron chi connectivity index (χ0n) is 10.7. The van der Waals surface area contributed by atoms with Crippen LogP contribution in [0.4, 0.5) is 5.69 Å². The topological polar surface area (TPSA) is 69.1 Å². The van der Waals surface area contributed by atoms with Crippen molar-refractivity contribution in [3.8, 4) is 0 Å². The Morgan fingerprint density at radius 2 is 2.00 bits per heavy atom. The molecule has 0 aliphatic rings. The standard InChI is InChI=1S/C15H16N2OS/c1-10-3-2-4-11(7-10)9-19-12-5-6-14(16)13(8-12)15(17)18/h2-8H,9,16H2,1H3,(H2,17,18). The van der Waals surface area contributed by atoms with Gasteiger partial charge in [-0.25, -0.2) is 0 Å². The number of hydrogen-bond donors (Lipinski definition) is 2. The number of carbonyl (C=O) groups is 1. The van der Waals surface area contributed by atoms with Crippen LogP contribution in [-0.2, 0) is 5.75 Å². The molecule has 19 heavy (non-hydrogen) atoms. The van der Waals surface area contributed by atoms with Crippen LogP contribution in [0.5, 0.6) is 0 Å². The van der Waals surface area contributed by atoms with Gasteiger partial charge >= 0.3 is 0 Å². The summed E-state index contributed by atoms with van der Waals surface area (Å²) in [7, 11) is 0. The molecular weight excluding hydrogens is 256 g/mol. The van der Waals surface area contributed by atoms with Crippen LogP contribution in [0.1, 0.15) is 21.5 Å². The number of benzene rings is 2. The highest BCUT2D eigenvalue weighted by Gasteiger charge is 2.07. The van der Waals surface area contributed by atoms with Crippen molar-refractivity contribution in [2.75, 3.05) is 5.73 Å². The maximum absolute atomic E-state index is 11.2. The van der Waals surface area contributed by atoms with E-state index in [1.54, 1.807) is 23.9 Å². The maximum atomic E-state index is 11.2. The normalized spacial score (nSPS) is 10.4. The van der Waals surface area contributed by atoms with Gasteiger partial charge in [0.2, 0.25) is 0 Å². The summed E-state index contributed by atoms with van der Waals surface area (Å²) in [6, 6.07) is 13.7. The summed E-state index contributed by atoms with van der Waals surface area (Å²) in [5.74, 6) is 0.361. The molecule has 98 valence electrons. The van der Waals surface area contributed by atoms with Gasteiger partial charge < -0.3 is 11.5 Å². The van der Waals surface area contributed by atoms with E-state index in [9.17, 15) is 4.79 Å². The van der Waals surface area contributed by atoms with Gasteiger partial charge in [-0.15, -0.1) is 11.8 Å². The smallest absolute Gasteiger partial charge is 0.250 e. The Bertz CT molecular complexity index is 611. The van der Waals surface area contributed by atoms with Crippen LogP contribution in [0.3, 0.4) is 0 Å². The maximum Gasteiger partial charge on any atom is 0.250 e. The molecule has 0 aliphatic carbocycles. The van der Waals surface area contributed by atoms with Crippen molar-refractivity contribution in [3.05, 3.63) is 59.2 Å². The average Bonchev–Trinajstić information content (AvgIpc) is 2.37. The Morgan fingerprint density at radius 1 is 1.21 bits per heavy atom. The first-order valence-electron chi connectivity index (χ1n) is 5.94. The number of anilines is 1. The van der Waals surface area contributed by atoms with E-state index in [0.29, 0.717) is 11.3 Å². The molecule has 0 bridgehead atoms. The number of amides is 1. The van der Waals surface area contributed by atoms with E-state index < -0.39 is 5.91 Å². The molecule has 3 nitrogen and oxygen atoms in total. The number of primary amides is 1. The number of nitrogens with two attached hydrogens (primary N) is 2. The van der Waals surface area contributed by atoms with Crippen molar-refractivity contribution < 1.29 is 4.79 Å². The van der Waals surface area contributed by atoms with E-state index in [1.165, 1.54) is 11.1 Å². The monoisotopic (exact) mass is 272 g/mol. The zero-order chi connectivity index (χ0) is 13.8. The summed E-state index contributed by atoms with van der Waals surface area (Å²) in [5.41, 5.74) is 14.3. The van der Waals surface area contributed by atoms with Gasteiger partial charge in [-0.2, -0.15) is 0 Å². The first kappa shape index (κ1) is 13.5. The number of hydrogen-bond acceptors (Lipinski definition) is 3. The van der Waals surface area contributed by atoms with Crippen molar-refractivity contribution in [2.24, 2.45) is 5.73 Å². The van der Waals surface area contributed by atoms with Crippen molar-refractivity contribution >= 4 is 23.4 Å². The lowest BCUT2D eigenvalue weighted by Gasteiger charge is -2.06. The molecule has 2 aromatic carbocycles. The molecule has 0 spiro atoms. The minimum absolute atomic E-state index is 0.384. The van der Waals surface area contributed by atoms with Crippen LogP contribution in [0.2, 0.25) is 0 Å². The van der Waals surface area contributed by atoms with Gasteiger partial charge in [0.05, 0.1) is 5.56 Å². The summed E-state index contributed by atoms with van der Waals surface area (Å²) >= 11 is 1.66. The Labute approximate surface area is 117 Å². The van der Waals surface area contributed by atoms with Crippen LogP contribution in [0.25, 0.3) is 0 Å². The molecular formula is C15H16N2OS. The fourth-order valence-electron chi connectivity index (χ4n) is 1.81. The van der Waals surface area contributed by atoms with Gasteiger partial charge in [-0.3, -0.25) is 4.79 Å². The number of aryl methyl sites for hydroxylation is 1. The fourth-order valence-corrected chi connectivity index (χ4v) is 2.69. The lowest BCUT2D eigenvalue weighted by Crippen LogP contribution is -2.13. The van der Waals surface area contributed by atoms with Gasteiger partial charge in [0.1, 0.15) is 0 Å². The predicted molar refractivity (Wildman–Crippen MR) is 80.1 cm³/mol. The second kappa shape index (κ2) is 5.80. The molecule has 0 atom stereocenters. The fraction of sp³-hybridized carbons (Fsp3) is 0.133. The van der Waals surface area contributed by atoms with Crippen LogP contribution in [0.15, 0.2) is 47.4 Å². The molecule has 4 N–H and O–H groups in total. The van der Waals surface area contributed by atoms with Gasteiger partial charge in [-0.1, -0.05) is 29.8 Å². The van der Waals surface area contributed by atoms with Gasteiger partial charge in [0.25, 0.3) is 5.91 Å². The molecule has 0 unspecified atom stereocenters. The highest BCUT2D eigenvalue weighted by Crippen LogP contribution is 2.26. The predicted octanol–water partition coefficient (Wildman–Crippen LogP) is 2.97. The van der Waals surface area contributed by atoms with Crippen LogP contribution >= 0.6 is 11.8 Å². The number of nitrogen functional groups attached to an aromatic ring is 1. The molecule has 0 fully saturated rings. The second-order valence-corrected chi connectivity index (χ2v) is 5.44. The van der Waals surface area contributed by atoms with E-state index >= 15 is 0 Å². The summed E-state index contributed by atoms with van der Waals surface area (Å²) in [4.78, 5) is 12.2. The summed E-state index contributed by atoms with van der Waals surface area (Å²) < 4.78 is 0. The highest BCUT2D eigenvalue weighted by molar-refractivity contribution is 7.98. The van der Waals surface area contributed by atoms with Crippen molar-refractivity contribution in [3.63, 3.8) is 0 Å². The van der Waals surface area contributed by atoms with Crippen molar-refractivity contribution in [1.82, 2.24) is 0 Å². The number of rotatable bonds is 4. The highest BCUT2D eigenvalue weighted by atomic mass is 32.2. The SMILES string of the molecule is Cc1cccc(CSc2ccc(N)c(C(N)=O)c2)c1. The number of thioether (sulfide) groups is 1. The van der Waals surface area contributed by atoms with Gasteiger partial charge in [0.15, 0.2) is 0 Å². The third-order valence-corrected chi connectivity index (χ3v) is 3.84. The van der Waals surface area contributed by atoms with Crippen molar-refractivity contribution in [2.45, 2.75) is 17.6 Å². The molecule has 0 saturated carbocycles. The van der Waals surface area contributed by atoms with Gasteiger partial charge in [0, 0.05) is 16.3 Å². The Morgan fingerprint density at radius 3 is 2.68 bits per heavy atom. The molecule has 0 aromatic heterocycles. The van der Waals surface area contributed by atoms with E-state index in [4.69, 9.17) is 11.5 Å². The molecule has 4 heteroatoms. The summed E-state index contributed by atoms with van der Waals surface area (Å²) in [5, 5.41) is 0. The van der Waals surface area contributed by atoms with E-state index in [2.05, 4.69) is 25.1 Å². The Hall–Kier alpha value is -1.94. The lowest BCUT2D eigenvalue weighted by molar-refractivity contribution is 0.100. The molecule has 0 radical (unpaired) electrons. The average molecular weight is 272 g/mol. The van der Waals surface area contributed by atoms with Crippen LogP contribution in [0, 0.1) is 6.92 Å². The quantitative estimate of drug-likeness (QED) is 0.664. The Kier molecular flexibility index (Phi) is 4.12. The molecule has 0 heterocycles. The third-order valence-electron chi connectivity index (χ3n) is 2.78.